The monoisotopic (exact) mass is 372 g/mol. The van der Waals surface area contributed by atoms with E-state index in [0.29, 0.717) is 16.4 Å². The average molecular weight is 373 g/mol. The number of rotatable bonds is 5. The van der Waals surface area contributed by atoms with Crippen LogP contribution >= 0.6 is 11.6 Å². The van der Waals surface area contributed by atoms with Gasteiger partial charge in [0.15, 0.2) is 0 Å². The van der Waals surface area contributed by atoms with Gasteiger partial charge in [0, 0.05) is 5.02 Å². The summed E-state index contributed by atoms with van der Waals surface area (Å²) in [4.78, 5) is 12.3. The molecule has 0 aliphatic rings. The number of nitrogens with one attached hydrogen (secondary N) is 2. The van der Waals surface area contributed by atoms with Gasteiger partial charge in [0.25, 0.3) is 0 Å². The summed E-state index contributed by atoms with van der Waals surface area (Å²) in [5.41, 5.74) is 3.26. The van der Waals surface area contributed by atoms with E-state index in [1.165, 1.54) is 18.2 Å². The maximum absolute atomic E-state index is 13.7. The van der Waals surface area contributed by atoms with Crippen LogP contribution in [0.4, 0.5) is 15.8 Å². The van der Waals surface area contributed by atoms with Crippen molar-refractivity contribution in [3.8, 4) is 5.69 Å². The molecule has 5 nitrogen and oxygen atoms in total. The molecule has 1 aromatic heterocycles. The van der Waals surface area contributed by atoms with E-state index in [1.807, 2.05) is 44.2 Å². The molecule has 3 aromatic rings. The Balaban J connectivity index is 1.72. The normalized spacial score (nSPS) is 10.6. The molecule has 0 saturated heterocycles. The minimum atomic E-state index is -0.466. The molecular weight excluding hydrogens is 355 g/mol. The van der Waals surface area contributed by atoms with Crippen LogP contribution in [0.3, 0.4) is 0 Å². The summed E-state index contributed by atoms with van der Waals surface area (Å²) in [5, 5.41) is 10.5. The predicted octanol–water partition coefficient (Wildman–Crippen LogP) is 4.33. The van der Waals surface area contributed by atoms with Crippen LogP contribution in [-0.4, -0.2) is 22.2 Å². The van der Waals surface area contributed by atoms with E-state index in [9.17, 15) is 9.18 Å². The van der Waals surface area contributed by atoms with E-state index in [-0.39, 0.29) is 18.1 Å². The number of para-hydroxylation sites is 1. The van der Waals surface area contributed by atoms with Gasteiger partial charge in [-0.05, 0) is 44.2 Å². The molecule has 0 unspecified atom stereocenters. The average Bonchev–Trinajstić information content (AvgIpc) is 2.91. The van der Waals surface area contributed by atoms with Crippen molar-refractivity contribution >= 4 is 28.9 Å². The van der Waals surface area contributed by atoms with E-state index in [0.717, 1.165) is 11.4 Å². The second-order valence-electron chi connectivity index (χ2n) is 5.82. The summed E-state index contributed by atoms with van der Waals surface area (Å²) in [7, 11) is 0. The van der Waals surface area contributed by atoms with Gasteiger partial charge in [0.2, 0.25) is 5.91 Å². The third-order valence-corrected chi connectivity index (χ3v) is 4.16. The van der Waals surface area contributed by atoms with E-state index in [2.05, 4.69) is 15.7 Å². The van der Waals surface area contributed by atoms with E-state index in [4.69, 9.17) is 11.6 Å². The molecule has 2 N–H and O–H groups in total. The number of carbonyl (C=O) groups excluding carboxylic acids is 1. The van der Waals surface area contributed by atoms with Crippen LogP contribution in [0.15, 0.2) is 48.5 Å². The third-order valence-electron chi connectivity index (χ3n) is 3.92. The Hall–Kier alpha value is -2.86. The molecule has 3 rings (SSSR count). The number of halogens is 2. The van der Waals surface area contributed by atoms with E-state index < -0.39 is 5.82 Å². The molecule has 0 aliphatic heterocycles. The van der Waals surface area contributed by atoms with Gasteiger partial charge in [-0.2, -0.15) is 5.10 Å². The number of carbonyl (C=O) groups is 1. The van der Waals surface area contributed by atoms with Crippen molar-refractivity contribution in [3.05, 3.63) is 70.8 Å². The summed E-state index contributed by atoms with van der Waals surface area (Å²) in [6.45, 7) is 3.62. The lowest BCUT2D eigenvalue weighted by molar-refractivity contribution is -0.114. The molecule has 1 amide bonds. The zero-order valence-corrected chi connectivity index (χ0v) is 15.1. The van der Waals surface area contributed by atoms with E-state index >= 15 is 0 Å². The minimum absolute atomic E-state index is 0.0906. The lowest BCUT2D eigenvalue weighted by Crippen LogP contribution is -2.22. The summed E-state index contributed by atoms with van der Waals surface area (Å²) < 4.78 is 15.5. The number of amides is 1. The Morgan fingerprint density at radius 2 is 1.92 bits per heavy atom. The van der Waals surface area contributed by atoms with Crippen molar-refractivity contribution in [2.45, 2.75) is 13.8 Å². The van der Waals surface area contributed by atoms with Gasteiger partial charge in [0.1, 0.15) is 5.82 Å². The van der Waals surface area contributed by atoms with Crippen molar-refractivity contribution in [3.63, 3.8) is 0 Å². The van der Waals surface area contributed by atoms with Gasteiger partial charge in [0.05, 0.1) is 35.0 Å². The maximum Gasteiger partial charge on any atom is 0.243 e. The highest BCUT2D eigenvalue weighted by Gasteiger charge is 2.15. The highest BCUT2D eigenvalue weighted by Crippen LogP contribution is 2.23. The van der Waals surface area contributed by atoms with Crippen molar-refractivity contribution in [1.29, 1.82) is 0 Å². The second-order valence-corrected chi connectivity index (χ2v) is 6.26. The number of benzene rings is 2. The van der Waals surface area contributed by atoms with Crippen molar-refractivity contribution in [2.24, 2.45) is 0 Å². The third kappa shape index (κ3) is 3.86. The van der Waals surface area contributed by atoms with Crippen LogP contribution in [0.5, 0.6) is 0 Å². The number of hydrogen-bond donors (Lipinski definition) is 2. The first-order chi connectivity index (χ1) is 12.5. The summed E-state index contributed by atoms with van der Waals surface area (Å²) in [5.74, 6) is -0.769. The Morgan fingerprint density at radius 3 is 2.65 bits per heavy atom. The molecular formula is C19H18ClFN4O. The molecule has 1 heterocycles. The van der Waals surface area contributed by atoms with Crippen LogP contribution in [-0.2, 0) is 4.79 Å². The van der Waals surface area contributed by atoms with Gasteiger partial charge in [-0.15, -0.1) is 0 Å². The predicted molar refractivity (Wildman–Crippen MR) is 102 cm³/mol. The van der Waals surface area contributed by atoms with Gasteiger partial charge in [-0.25, -0.2) is 9.07 Å². The Labute approximate surface area is 155 Å². The Morgan fingerprint density at radius 1 is 1.19 bits per heavy atom. The van der Waals surface area contributed by atoms with Crippen LogP contribution in [0.1, 0.15) is 11.4 Å². The largest absolute Gasteiger partial charge is 0.374 e. The Kier molecular flexibility index (Phi) is 5.23. The summed E-state index contributed by atoms with van der Waals surface area (Å²) in [6, 6.07) is 13.8. The standard InChI is InChI=1S/C19H18ClFN4O/c1-12-19(13(2)25(24-12)15-6-4-3-5-7-15)23-18(26)11-22-17-10-14(20)8-9-16(17)21/h3-10,22H,11H2,1-2H3,(H,23,26). The summed E-state index contributed by atoms with van der Waals surface area (Å²) >= 11 is 5.85. The quantitative estimate of drug-likeness (QED) is 0.700. The minimum Gasteiger partial charge on any atom is -0.374 e. The Bertz CT molecular complexity index is 940. The smallest absolute Gasteiger partial charge is 0.243 e. The van der Waals surface area contributed by atoms with Crippen molar-refractivity contribution in [1.82, 2.24) is 9.78 Å². The van der Waals surface area contributed by atoms with Crippen LogP contribution in [0, 0.1) is 19.7 Å². The van der Waals surface area contributed by atoms with Crippen LogP contribution in [0.2, 0.25) is 5.02 Å². The SMILES string of the molecule is Cc1nn(-c2ccccc2)c(C)c1NC(=O)CNc1cc(Cl)ccc1F. The zero-order chi connectivity index (χ0) is 18.7. The molecule has 0 bridgehead atoms. The maximum atomic E-state index is 13.7. The van der Waals surface area contributed by atoms with Gasteiger partial charge < -0.3 is 10.6 Å². The summed E-state index contributed by atoms with van der Waals surface area (Å²) in [6.07, 6.45) is 0. The van der Waals surface area contributed by atoms with Gasteiger partial charge in [-0.3, -0.25) is 4.79 Å². The lowest BCUT2D eigenvalue weighted by atomic mass is 10.3. The number of nitrogens with zero attached hydrogens (tertiary/aromatic N) is 2. The molecule has 0 fully saturated rings. The first-order valence-electron chi connectivity index (χ1n) is 8.06. The van der Waals surface area contributed by atoms with Gasteiger partial charge >= 0.3 is 0 Å². The van der Waals surface area contributed by atoms with Gasteiger partial charge in [-0.1, -0.05) is 29.8 Å². The lowest BCUT2D eigenvalue weighted by Gasteiger charge is -2.10. The molecule has 0 atom stereocenters. The van der Waals surface area contributed by atoms with Crippen molar-refractivity contribution in [2.75, 3.05) is 17.2 Å². The fourth-order valence-corrected chi connectivity index (χ4v) is 2.81. The molecule has 26 heavy (non-hydrogen) atoms. The molecule has 0 spiro atoms. The van der Waals surface area contributed by atoms with Crippen molar-refractivity contribution < 1.29 is 9.18 Å². The van der Waals surface area contributed by atoms with E-state index in [1.54, 1.807) is 4.68 Å². The number of aryl methyl sites for hydroxylation is 1. The molecule has 7 heteroatoms. The molecule has 134 valence electrons. The topological polar surface area (TPSA) is 59.0 Å². The molecule has 0 radical (unpaired) electrons. The van der Waals surface area contributed by atoms with Crippen LogP contribution in [0.25, 0.3) is 5.69 Å². The zero-order valence-electron chi connectivity index (χ0n) is 14.4. The fraction of sp³-hybridized carbons (Fsp3) is 0.158. The van der Waals surface area contributed by atoms with Crippen LogP contribution < -0.4 is 10.6 Å². The first-order valence-corrected chi connectivity index (χ1v) is 8.44. The molecule has 2 aromatic carbocycles. The second kappa shape index (κ2) is 7.58. The highest BCUT2D eigenvalue weighted by atomic mass is 35.5. The highest BCUT2D eigenvalue weighted by molar-refractivity contribution is 6.30. The number of aromatic nitrogens is 2. The number of anilines is 2. The first kappa shape index (κ1) is 17.9. The molecule has 0 aliphatic carbocycles. The number of hydrogen-bond acceptors (Lipinski definition) is 3. The molecule has 0 saturated carbocycles. The fourth-order valence-electron chi connectivity index (χ4n) is 2.64.